The van der Waals surface area contributed by atoms with Crippen LogP contribution in [0.3, 0.4) is 0 Å². The maximum Gasteiger partial charge on any atom is 0.338 e. The van der Waals surface area contributed by atoms with Crippen molar-refractivity contribution in [2.75, 3.05) is 20.6 Å². The number of rotatable bonds is 7. The van der Waals surface area contributed by atoms with E-state index in [1.807, 2.05) is 0 Å². The van der Waals surface area contributed by atoms with Gasteiger partial charge in [0, 0.05) is 23.2 Å². The first-order chi connectivity index (χ1) is 14.6. The lowest BCUT2D eigenvalue weighted by Crippen LogP contribution is -2.15. The third-order valence-electron chi connectivity index (χ3n) is 4.95. The molecule has 9 heteroatoms. The number of carbonyl (C=O) groups is 1. The third kappa shape index (κ3) is 4.43. The zero-order valence-corrected chi connectivity index (χ0v) is 18.2. The van der Waals surface area contributed by atoms with E-state index in [0.717, 1.165) is 6.07 Å². The van der Waals surface area contributed by atoms with Gasteiger partial charge in [-0.3, -0.25) is 0 Å². The highest BCUT2D eigenvalue weighted by atomic mass is 32.2. The molecule has 2 aromatic carbocycles. The van der Waals surface area contributed by atoms with Crippen molar-refractivity contribution >= 4 is 27.9 Å². The van der Waals surface area contributed by atoms with Crippen LogP contribution in [0.5, 0.6) is 0 Å². The minimum absolute atomic E-state index is 0.0207. The van der Waals surface area contributed by atoms with E-state index in [9.17, 15) is 22.9 Å². The number of fused-ring (bicyclic) bond motifs is 1. The molecule has 1 unspecified atom stereocenters. The predicted octanol–water partition coefficient (Wildman–Crippen LogP) is 3.85. The molecule has 1 aromatic heterocycles. The molecule has 0 spiro atoms. The predicted molar refractivity (Wildman–Crippen MR) is 117 cm³/mol. The fraction of sp³-hybridized carbons (Fsp3) is 0.227. The number of allylic oxidation sites excluding steroid dienone is 1. The summed E-state index contributed by atoms with van der Waals surface area (Å²) in [5.74, 6) is -2.79. The van der Waals surface area contributed by atoms with Gasteiger partial charge in [-0.15, -0.1) is 0 Å². The van der Waals surface area contributed by atoms with E-state index in [4.69, 9.17) is 5.73 Å². The lowest BCUT2D eigenvalue weighted by atomic mass is 10.0. The Morgan fingerprint density at radius 3 is 2.61 bits per heavy atom. The van der Waals surface area contributed by atoms with Gasteiger partial charge in [0.25, 0.3) is 0 Å². The second-order valence-electron chi connectivity index (χ2n) is 7.18. The first-order valence-corrected chi connectivity index (χ1v) is 10.6. The summed E-state index contributed by atoms with van der Waals surface area (Å²) in [5, 5.41) is 9.84. The Kier molecular flexibility index (Phi) is 6.68. The van der Waals surface area contributed by atoms with Crippen molar-refractivity contribution in [2.24, 2.45) is 5.73 Å². The number of nitrogens with zero attached hydrogens (tertiary/aromatic N) is 2. The first-order valence-electron chi connectivity index (χ1n) is 9.45. The van der Waals surface area contributed by atoms with Crippen molar-refractivity contribution in [3.8, 4) is 11.1 Å². The van der Waals surface area contributed by atoms with Gasteiger partial charge in [0.15, 0.2) is 0 Å². The Hall–Kier alpha value is -2.88. The molecule has 164 valence electrons. The van der Waals surface area contributed by atoms with Gasteiger partial charge in [0.2, 0.25) is 0 Å². The molecule has 0 aliphatic heterocycles. The van der Waals surface area contributed by atoms with Gasteiger partial charge < -0.3 is 15.4 Å². The number of benzene rings is 2. The molecule has 3 N–H and O–H groups in total. The number of aromatic nitrogens is 1. The largest absolute Gasteiger partial charge is 0.478 e. The van der Waals surface area contributed by atoms with Crippen molar-refractivity contribution in [1.82, 2.24) is 8.87 Å². The van der Waals surface area contributed by atoms with Gasteiger partial charge in [-0.2, -0.15) is 0 Å². The van der Waals surface area contributed by atoms with Crippen LogP contribution in [-0.4, -0.2) is 44.8 Å². The molecular formula is C22H23F2N3O3S. The molecule has 1 atom stereocenters. The van der Waals surface area contributed by atoms with Gasteiger partial charge in [-0.1, -0.05) is 12.1 Å². The number of carboxylic acids is 1. The van der Waals surface area contributed by atoms with Crippen LogP contribution in [0.2, 0.25) is 0 Å². The monoisotopic (exact) mass is 447 g/mol. The van der Waals surface area contributed by atoms with Gasteiger partial charge in [0.05, 0.1) is 22.5 Å². The molecular weight excluding hydrogens is 424 g/mol. The van der Waals surface area contributed by atoms with Crippen LogP contribution in [0.1, 0.15) is 16.1 Å². The highest BCUT2D eigenvalue weighted by Gasteiger charge is 2.22. The van der Waals surface area contributed by atoms with E-state index in [2.05, 4.69) is 0 Å². The maximum absolute atomic E-state index is 14.5. The molecule has 0 fully saturated rings. The van der Waals surface area contributed by atoms with Crippen molar-refractivity contribution in [1.29, 1.82) is 0 Å². The average Bonchev–Trinajstić information content (AvgIpc) is 2.97. The summed E-state index contributed by atoms with van der Waals surface area (Å²) >= 11 is 0. The molecule has 0 saturated heterocycles. The second kappa shape index (κ2) is 9.09. The van der Waals surface area contributed by atoms with E-state index >= 15 is 0 Å². The highest BCUT2D eigenvalue weighted by molar-refractivity contribution is 7.82. The molecule has 6 nitrogen and oxygen atoms in total. The van der Waals surface area contributed by atoms with Crippen LogP contribution < -0.4 is 5.73 Å². The first kappa shape index (κ1) is 22.8. The molecule has 0 saturated carbocycles. The third-order valence-corrected chi connectivity index (χ3v) is 6.27. The van der Waals surface area contributed by atoms with Gasteiger partial charge in [0.1, 0.15) is 22.6 Å². The van der Waals surface area contributed by atoms with Gasteiger partial charge in [-0.25, -0.2) is 22.1 Å². The van der Waals surface area contributed by atoms with E-state index in [0.29, 0.717) is 32.6 Å². The Balaban J connectivity index is 2.33. The fourth-order valence-electron chi connectivity index (χ4n) is 3.54. The molecule has 3 aromatic rings. The van der Waals surface area contributed by atoms with Crippen LogP contribution in [0, 0.1) is 12.7 Å². The zero-order valence-electron chi connectivity index (χ0n) is 17.4. The standard InChI is InChI=1S/C22H23F2N3O3S/c1-13-21(14-5-4-6-16(9-14)31(30)26(2)3)18-10-17(22(28)29)19(24)11-20(18)27(13)12-15(23)7-8-25/h4-7,9-11H,8,12,25H2,1-3H3,(H,28,29)/b15-7-. The molecule has 1 heterocycles. The zero-order chi connectivity index (χ0) is 22.9. The molecule has 31 heavy (non-hydrogen) atoms. The highest BCUT2D eigenvalue weighted by Crippen LogP contribution is 2.37. The van der Waals surface area contributed by atoms with Crippen molar-refractivity contribution in [3.05, 3.63) is 65.4 Å². The second-order valence-corrected chi connectivity index (χ2v) is 8.88. The van der Waals surface area contributed by atoms with E-state index in [1.54, 1.807) is 54.2 Å². The number of hydrogen-bond acceptors (Lipinski definition) is 3. The molecule has 0 amide bonds. The smallest absolute Gasteiger partial charge is 0.338 e. The summed E-state index contributed by atoms with van der Waals surface area (Å²) in [6, 6.07) is 9.35. The fourth-order valence-corrected chi connectivity index (χ4v) is 4.39. The summed E-state index contributed by atoms with van der Waals surface area (Å²) < 4.78 is 44.4. The van der Waals surface area contributed by atoms with Crippen LogP contribution in [-0.2, 0) is 17.5 Å². The van der Waals surface area contributed by atoms with Gasteiger partial charge >= 0.3 is 5.97 Å². The summed E-state index contributed by atoms with van der Waals surface area (Å²) in [5.41, 5.74) is 7.18. The topological polar surface area (TPSA) is 88.6 Å². The normalized spacial score (nSPS) is 13.2. The van der Waals surface area contributed by atoms with Crippen molar-refractivity contribution < 1.29 is 22.9 Å². The van der Waals surface area contributed by atoms with Crippen molar-refractivity contribution in [3.63, 3.8) is 0 Å². The number of aromatic carboxylic acids is 1. The van der Waals surface area contributed by atoms with E-state index < -0.39 is 34.2 Å². The van der Waals surface area contributed by atoms with Crippen LogP contribution in [0.15, 0.2) is 53.2 Å². The van der Waals surface area contributed by atoms with Gasteiger partial charge in [-0.05, 0) is 56.9 Å². The van der Waals surface area contributed by atoms with Crippen LogP contribution >= 0.6 is 0 Å². The number of nitrogens with two attached hydrogens (primary N) is 1. The molecule has 0 radical (unpaired) electrons. The molecule has 0 bridgehead atoms. The quantitative estimate of drug-likeness (QED) is 0.576. The Labute approximate surface area is 181 Å². The SMILES string of the molecule is Cc1c(-c2cccc(S(=O)N(C)C)c2)c2cc(C(=O)O)c(F)cc2n1C/C(F)=C/CN. The van der Waals surface area contributed by atoms with Crippen LogP contribution in [0.25, 0.3) is 22.0 Å². The number of carboxylic acid groups (broad SMARTS) is 1. The Morgan fingerprint density at radius 2 is 2.00 bits per heavy atom. The van der Waals surface area contributed by atoms with Crippen molar-refractivity contribution in [2.45, 2.75) is 18.4 Å². The summed E-state index contributed by atoms with van der Waals surface area (Å²) in [6.07, 6.45) is 1.23. The Morgan fingerprint density at radius 1 is 1.29 bits per heavy atom. The summed E-state index contributed by atoms with van der Waals surface area (Å²) in [4.78, 5) is 12.1. The minimum Gasteiger partial charge on any atom is -0.478 e. The lowest BCUT2D eigenvalue weighted by Gasteiger charge is -2.11. The Bertz CT molecular complexity index is 1220. The number of hydrogen-bond donors (Lipinski definition) is 2. The average molecular weight is 448 g/mol. The molecule has 0 aliphatic rings. The summed E-state index contributed by atoms with van der Waals surface area (Å²) in [6.45, 7) is 1.60. The lowest BCUT2D eigenvalue weighted by molar-refractivity contribution is 0.0692. The molecule has 0 aliphatic carbocycles. The van der Waals surface area contributed by atoms with E-state index in [-0.39, 0.29) is 13.1 Å². The molecule has 3 rings (SSSR count). The number of halogens is 2. The summed E-state index contributed by atoms with van der Waals surface area (Å²) in [7, 11) is 1.99. The van der Waals surface area contributed by atoms with E-state index in [1.165, 1.54) is 12.1 Å². The maximum atomic E-state index is 14.5. The minimum atomic E-state index is -1.40. The van der Waals surface area contributed by atoms with Crippen LogP contribution in [0.4, 0.5) is 8.78 Å².